The molecule has 1 amide bonds. The van der Waals surface area contributed by atoms with Crippen molar-refractivity contribution in [2.45, 2.75) is 19.4 Å². The number of nitrogens with zero attached hydrogens (tertiary/aromatic N) is 3. The normalized spacial score (nSPS) is 16.3. The van der Waals surface area contributed by atoms with Gasteiger partial charge in [-0.1, -0.05) is 12.1 Å². The third kappa shape index (κ3) is 3.61. The van der Waals surface area contributed by atoms with E-state index in [9.17, 15) is 4.79 Å². The zero-order valence-corrected chi connectivity index (χ0v) is 13.1. The summed E-state index contributed by atoms with van der Waals surface area (Å²) in [5.74, 6) is 1.33. The van der Waals surface area contributed by atoms with Crippen molar-refractivity contribution in [3.8, 4) is 11.5 Å². The van der Waals surface area contributed by atoms with Crippen LogP contribution in [0.4, 0.5) is 0 Å². The lowest BCUT2D eigenvalue weighted by atomic mass is 9.95. The number of carbonyl (C=O) groups excluding carboxylic acids is 1. The summed E-state index contributed by atoms with van der Waals surface area (Å²) in [6, 6.07) is 5.75. The molecule has 122 valence electrons. The van der Waals surface area contributed by atoms with E-state index in [-0.39, 0.29) is 11.8 Å². The topological polar surface area (TPSA) is 78.3 Å². The maximum atomic E-state index is 12.3. The van der Waals surface area contributed by atoms with Crippen LogP contribution in [0, 0.1) is 5.92 Å². The summed E-state index contributed by atoms with van der Waals surface area (Å²) in [4.78, 5) is 16.1. The Kier molecular flexibility index (Phi) is 4.75. The second-order valence-electron chi connectivity index (χ2n) is 5.46. The quantitative estimate of drug-likeness (QED) is 0.806. The van der Waals surface area contributed by atoms with Crippen LogP contribution in [0.5, 0.6) is 11.5 Å². The van der Waals surface area contributed by atoms with Gasteiger partial charge in [0.1, 0.15) is 19.3 Å². The molecule has 0 fully saturated rings. The Morgan fingerprint density at radius 1 is 1.52 bits per heavy atom. The summed E-state index contributed by atoms with van der Waals surface area (Å²) in [5, 5.41) is 6.99. The van der Waals surface area contributed by atoms with Gasteiger partial charge in [-0.3, -0.25) is 9.48 Å². The maximum absolute atomic E-state index is 12.3. The molecule has 0 bridgehead atoms. The standard InChI is InChI=1S/C16H20N4O3/c1-22-14-5-2-4-12-8-13(9-23-15(12)14)16(21)18-6-3-7-20-11-17-10-19-20/h2,4-5,10-11,13H,3,6-9H2,1H3,(H,18,21). The molecule has 1 unspecified atom stereocenters. The number of rotatable bonds is 6. The van der Waals surface area contributed by atoms with Gasteiger partial charge in [0.05, 0.1) is 13.0 Å². The van der Waals surface area contributed by atoms with Gasteiger partial charge in [-0.05, 0) is 24.5 Å². The molecule has 0 radical (unpaired) electrons. The van der Waals surface area contributed by atoms with Crippen molar-refractivity contribution in [2.75, 3.05) is 20.3 Å². The van der Waals surface area contributed by atoms with Gasteiger partial charge >= 0.3 is 0 Å². The lowest BCUT2D eigenvalue weighted by Gasteiger charge is -2.25. The lowest BCUT2D eigenvalue weighted by molar-refractivity contribution is -0.126. The number of hydrogen-bond donors (Lipinski definition) is 1. The number of amides is 1. The van der Waals surface area contributed by atoms with Crippen LogP contribution in [0.25, 0.3) is 0 Å². The first-order valence-electron chi connectivity index (χ1n) is 7.66. The van der Waals surface area contributed by atoms with E-state index >= 15 is 0 Å². The molecule has 2 heterocycles. The predicted molar refractivity (Wildman–Crippen MR) is 83.3 cm³/mol. The third-order valence-corrected chi connectivity index (χ3v) is 3.88. The minimum absolute atomic E-state index is 0.0251. The van der Waals surface area contributed by atoms with Gasteiger partial charge in [0.25, 0.3) is 0 Å². The summed E-state index contributed by atoms with van der Waals surface area (Å²) < 4.78 is 12.8. The van der Waals surface area contributed by atoms with Gasteiger partial charge in [0.15, 0.2) is 11.5 Å². The van der Waals surface area contributed by atoms with Crippen LogP contribution < -0.4 is 14.8 Å². The Balaban J connectivity index is 1.49. The first-order valence-corrected chi connectivity index (χ1v) is 7.66. The number of aryl methyl sites for hydroxylation is 1. The molecule has 1 aromatic heterocycles. The van der Waals surface area contributed by atoms with Gasteiger partial charge in [-0.15, -0.1) is 0 Å². The first kappa shape index (κ1) is 15.3. The molecule has 7 heteroatoms. The minimum atomic E-state index is -0.166. The molecular weight excluding hydrogens is 296 g/mol. The number of nitrogens with one attached hydrogen (secondary N) is 1. The van der Waals surface area contributed by atoms with Crippen LogP contribution in [0.2, 0.25) is 0 Å². The molecular formula is C16H20N4O3. The number of para-hydroxylation sites is 1. The Bertz CT molecular complexity index is 657. The Hall–Kier alpha value is -2.57. The van der Waals surface area contributed by atoms with Crippen LogP contribution in [-0.2, 0) is 17.8 Å². The van der Waals surface area contributed by atoms with Crippen LogP contribution in [0.1, 0.15) is 12.0 Å². The molecule has 0 spiro atoms. The van der Waals surface area contributed by atoms with Crippen molar-refractivity contribution >= 4 is 5.91 Å². The van der Waals surface area contributed by atoms with Gasteiger partial charge in [-0.25, -0.2) is 4.98 Å². The minimum Gasteiger partial charge on any atom is -0.493 e. The Morgan fingerprint density at radius 2 is 2.43 bits per heavy atom. The molecule has 1 N–H and O–H groups in total. The van der Waals surface area contributed by atoms with Gasteiger partial charge in [0, 0.05) is 13.1 Å². The first-order chi connectivity index (χ1) is 11.3. The van der Waals surface area contributed by atoms with Crippen molar-refractivity contribution in [2.24, 2.45) is 5.92 Å². The van der Waals surface area contributed by atoms with Crippen LogP contribution in [0.3, 0.4) is 0 Å². The molecule has 0 saturated heterocycles. The smallest absolute Gasteiger partial charge is 0.226 e. The Morgan fingerprint density at radius 3 is 3.22 bits per heavy atom. The second-order valence-corrected chi connectivity index (χ2v) is 5.46. The largest absolute Gasteiger partial charge is 0.493 e. The van der Waals surface area contributed by atoms with Gasteiger partial charge in [-0.2, -0.15) is 5.10 Å². The van der Waals surface area contributed by atoms with Crippen molar-refractivity contribution < 1.29 is 14.3 Å². The van der Waals surface area contributed by atoms with E-state index in [1.807, 2.05) is 18.2 Å². The molecule has 1 aliphatic rings. The fraction of sp³-hybridized carbons (Fsp3) is 0.438. The van der Waals surface area contributed by atoms with E-state index in [0.29, 0.717) is 25.3 Å². The number of methoxy groups -OCH3 is 1. The second kappa shape index (κ2) is 7.13. The van der Waals surface area contributed by atoms with E-state index in [4.69, 9.17) is 9.47 Å². The van der Waals surface area contributed by atoms with Crippen molar-refractivity contribution in [1.29, 1.82) is 0 Å². The number of carbonyl (C=O) groups is 1. The summed E-state index contributed by atoms with van der Waals surface area (Å²) in [7, 11) is 1.62. The average molecular weight is 316 g/mol. The molecule has 1 aromatic carbocycles. The zero-order chi connectivity index (χ0) is 16.1. The number of benzene rings is 1. The predicted octanol–water partition coefficient (Wildman–Crippen LogP) is 1.04. The van der Waals surface area contributed by atoms with Crippen LogP contribution in [0.15, 0.2) is 30.9 Å². The molecule has 0 saturated carbocycles. The zero-order valence-electron chi connectivity index (χ0n) is 13.1. The fourth-order valence-corrected chi connectivity index (χ4v) is 2.67. The van der Waals surface area contributed by atoms with Crippen LogP contribution in [-0.4, -0.2) is 40.9 Å². The van der Waals surface area contributed by atoms with E-state index in [2.05, 4.69) is 15.4 Å². The highest BCUT2D eigenvalue weighted by Crippen LogP contribution is 2.35. The highest BCUT2D eigenvalue weighted by Gasteiger charge is 2.27. The maximum Gasteiger partial charge on any atom is 0.226 e. The number of ether oxygens (including phenoxy) is 2. The molecule has 7 nitrogen and oxygen atoms in total. The van der Waals surface area contributed by atoms with Gasteiger partial charge in [0.2, 0.25) is 5.91 Å². The number of fused-ring (bicyclic) bond motifs is 1. The summed E-state index contributed by atoms with van der Waals surface area (Å²) in [6.45, 7) is 1.73. The molecule has 23 heavy (non-hydrogen) atoms. The number of hydrogen-bond acceptors (Lipinski definition) is 5. The highest BCUT2D eigenvalue weighted by molar-refractivity contribution is 5.79. The van der Waals surface area contributed by atoms with Crippen molar-refractivity contribution in [3.05, 3.63) is 36.4 Å². The molecule has 3 rings (SSSR count). The number of aromatic nitrogens is 3. The monoisotopic (exact) mass is 316 g/mol. The van der Waals surface area contributed by atoms with E-state index in [0.717, 1.165) is 24.3 Å². The van der Waals surface area contributed by atoms with Crippen molar-refractivity contribution in [1.82, 2.24) is 20.1 Å². The van der Waals surface area contributed by atoms with Gasteiger partial charge < -0.3 is 14.8 Å². The lowest BCUT2D eigenvalue weighted by Crippen LogP contribution is -2.38. The summed E-state index contributed by atoms with van der Waals surface area (Å²) >= 11 is 0. The van der Waals surface area contributed by atoms with E-state index < -0.39 is 0 Å². The van der Waals surface area contributed by atoms with E-state index in [1.54, 1.807) is 18.1 Å². The Labute approximate surface area is 134 Å². The fourth-order valence-electron chi connectivity index (χ4n) is 2.67. The molecule has 1 atom stereocenters. The summed E-state index contributed by atoms with van der Waals surface area (Å²) in [5.41, 5.74) is 1.01. The SMILES string of the molecule is COc1cccc2c1OCC(C(=O)NCCCn1cncn1)C2. The highest BCUT2D eigenvalue weighted by atomic mass is 16.5. The molecule has 1 aliphatic heterocycles. The average Bonchev–Trinajstić information content (AvgIpc) is 3.10. The van der Waals surface area contributed by atoms with E-state index in [1.165, 1.54) is 6.33 Å². The van der Waals surface area contributed by atoms with Crippen molar-refractivity contribution in [3.63, 3.8) is 0 Å². The molecule has 0 aliphatic carbocycles. The summed E-state index contributed by atoms with van der Waals surface area (Å²) in [6.07, 6.45) is 4.65. The van der Waals surface area contributed by atoms with Crippen LogP contribution >= 0.6 is 0 Å². The molecule has 2 aromatic rings. The third-order valence-electron chi connectivity index (χ3n) is 3.88.